The number of methoxy groups -OCH3 is 1. The second-order valence-electron chi connectivity index (χ2n) is 4.43. The zero-order chi connectivity index (χ0) is 12.8. The average molecular weight is 242 g/mol. The van der Waals surface area contributed by atoms with Crippen molar-refractivity contribution in [3.05, 3.63) is 35.5 Å². The molecule has 1 aliphatic rings. The van der Waals surface area contributed by atoms with E-state index in [2.05, 4.69) is 11.4 Å². The highest BCUT2D eigenvalue weighted by Crippen LogP contribution is 2.24. The number of hydrogen-bond acceptors (Lipinski definition) is 3. The SMILES string of the molecule is COc1ccc(/C(C#N)=C2\CCCCCN2)cc1. The number of allylic oxidation sites excluding steroid dienone is 2. The fraction of sp³-hybridized carbons (Fsp3) is 0.400. The van der Waals surface area contributed by atoms with Crippen molar-refractivity contribution < 1.29 is 4.74 Å². The zero-order valence-corrected chi connectivity index (χ0v) is 10.7. The number of benzene rings is 1. The van der Waals surface area contributed by atoms with Crippen LogP contribution in [0.3, 0.4) is 0 Å². The summed E-state index contributed by atoms with van der Waals surface area (Å²) in [6, 6.07) is 10.00. The van der Waals surface area contributed by atoms with Crippen molar-refractivity contribution in [2.75, 3.05) is 13.7 Å². The van der Waals surface area contributed by atoms with Gasteiger partial charge in [0.2, 0.25) is 0 Å². The number of nitriles is 1. The molecule has 1 aromatic carbocycles. The van der Waals surface area contributed by atoms with Crippen LogP contribution in [0.2, 0.25) is 0 Å². The molecule has 0 radical (unpaired) electrons. The van der Waals surface area contributed by atoms with Crippen LogP contribution in [-0.2, 0) is 0 Å². The Labute approximate surface area is 108 Å². The minimum absolute atomic E-state index is 0.763. The van der Waals surface area contributed by atoms with Gasteiger partial charge in [-0.15, -0.1) is 0 Å². The quantitative estimate of drug-likeness (QED) is 0.810. The Bertz CT molecular complexity index is 458. The molecule has 1 aromatic rings. The topological polar surface area (TPSA) is 45.0 Å². The Kier molecular flexibility index (Phi) is 4.25. The predicted octanol–water partition coefficient (Wildman–Crippen LogP) is 3.09. The van der Waals surface area contributed by atoms with Gasteiger partial charge in [0.15, 0.2) is 0 Å². The third kappa shape index (κ3) is 2.84. The molecule has 0 unspecified atom stereocenters. The van der Waals surface area contributed by atoms with E-state index < -0.39 is 0 Å². The summed E-state index contributed by atoms with van der Waals surface area (Å²) in [4.78, 5) is 0. The molecule has 18 heavy (non-hydrogen) atoms. The van der Waals surface area contributed by atoms with E-state index in [0.29, 0.717) is 0 Å². The van der Waals surface area contributed by atoms with Crippen molar-refractivity contribution in [2.24, 2.45) is 0 Å². The van der Waals surface area contributed by atoms with Gasteiger partial charge in [-0.3, -0.25) is 0 Å². The summed E-state index contributed by atoms with van der Waals surface area (Å²) in [6.07, 6.45) is 4.54. The van der Waals surface area contributed by atoms with Crippen LogP contribution in [-0.4, -0.2) is 13.7 Å². The molecule has 1 aliphatic heterocycles. The summed E-state index contributed by atoms with van der Waals surface area (Å²) < 4.78 is 5.13. The van der Waals surface area contributed by atoms with Crippen molar-refractivity contribution in [1.82, 2.24) is 5.32 Å². The first-order valence-electron chi connectivity index (χ1n) is 6.36. The summed E-state index contributed by atoms with van der Waals surface area (Å²) in [5.74, 6) is 0.815. The second-order valence-corrected chi connectivity index (χ2v) is 4.43. The minimum atomic E-state index is 0.763. The van der Waals surface area contributed by atoms with Gasteiger partial charge in [0.1, 0.15) is 11.8 Å². The highest BCUT2D eigenvalue weighted by Gasteiger charge is 2.11. The number of nitrogens with zero attached hydrogens (tertiary/aromatic N) is 1. The first-order chi connectivity index (χ1) is 8.85. The van der Waals surface area contributed by atoms with Crippen molar-refractivity contribution in [3.63, 3.8) is 0 Å². The lowest BCUT2D eigenvalue weighted by molar-refractivity contribution is 0.415. The summed E-state index contributed by atoms with van der Waals surface area (Å²) >= 11 is 0. The first kappa shape index (κ1) is 12.5. The molecule has 1 saturated heterocycles. The normalized spacial score (nSPS) is 18.2. The van der Waals surface area contributed by atoms with Crippen molar-refractivity contribution in [1.29, 1.82) is 5.26 Å². The molecule has 0 aromatic heterocycles. The van der Waals surface area contributed by atoms with Crippen LogP contribution < -0.4 is 10.1 Å². The van der Waals surface area contributed by atoms with Crippen LogP contribution in [0, 0.1) is 11.3 Å². The van der Waals surface area contributed by atoms with Gasteiger partial charge in [-0.05, 0) is 49.1 Å². The van der Waals surface area contributed by atoms with Gasteiger partial charge in [-0.2, -0.15) is 5.26 Å². The number of nitrogens with one attached hydrogen (secondary N) is 1. The molecule has 1 fully saturated rings. The van der Waals surface area contributed by atoms with E-state index in [9.17, 15) is 5.26 Å². The van der Waals surface area contributed by atoms with Gasteiger partial charge in [0.25, 0.3) is 0 Å². The van der Waals surface area contributed by atoms with E-state index in [4.69, 9.17) is 4.74 Å². The van der Waals surface area contributed by atoms with Crippen LogP contribution in [0.4, 0.5) is 0 Å². The lowest BCUT2D eigenvalue weighted by Gasteiger charge is -2.10. The Hall–Kier alpha value is -1.95. The third-order valence-corrected chi connectivity index (χ3v) is 3.23. The van der Waals surface area contributed by atoms with Crippen molar-refractivity contribution in [2.45, 2.75) is 25.7 Å². The maximum absolute atomic E-state index is 9.37. The molecule has 1 N–H and O–H groups in total. The molecule has 2 rings (SSSR count). The van der Waals surface area contributed by atoms with E-state index in [1.807, 2.05) is 24.3 Å². The van der Waals surface area contributed by atoms with Crippen LogP contribution >= 0.6 is 0 Å². The van der Waals surface area contributed by atoms with Gasteiger partial charge in [0, 0.05) is 12.2 Å². The second kappa shape index (κ2) is 6.11. The molecule has 0 aliphatic carbocycles. The van der Waals surface area contributed by atoms with E-state index in [1.165, 1.54) is 12.8 Å². The highest BCUT2D eigenvalue weighted by atomic mass is 16.5. The van der Waals surface area contributed by atoms with E-state index in [0.717, 1.165) is 42.0 Å². The predicted molar refractivity (Wildman–Crippen MR) is 72.0 cm³/mol. The summed E-state index contributed by atoms with van der Waals surface area (Å²) in [5.41, 5.74) is 2.81. The average Bonchev–Trinajstić information content (AvgIpc) is 2.70. The fourth-order valence-corrected chi connectivity index (χ4v) is 2.21. The monoisotopic (exact) mass is 242 g/mol. The zero-order valence-electron chi connectivity index (χ0n) is 10.7. The molecule has 0 bridgehead atoms. The van der Waals surface area contributed by atoms with Gasteiger partial charge >= 0.3 is 0 Å². The minimum Gasteiger partial charge on any atom is -0.497 e. The van der Waals surface area contributed by atoms with Crippen LogP contribution in [0.25, 0.3) is 5.57 Å². The van der Waals surface area contributed by atoms with Crippen molar-refractivity contribution >= 4 is 5.57 Å². The van der Waals surface area contributed by atoms with Gasteiger partial charge < -0.3 is 10.1 Å². The number of ether oxygens (including phenoxy) is 1. The molecule has 94 valence electrons. The molecule has 3 nitrogen and oxygen atoms in total. The van der Waals surface area contributed by atoms with Gasteiger partial charge in [-0.1, -0.05) is 6.42 Å². The standard InChI is InChI=1S/C15H18N2O/c1-18-13-8-6-12(7-9-13)14(11-16)15-5-3-2-4-10-17-15/h6-9,17H,2-5,10H2,1H3/b15-14+. The highest BCUT2D eigenvalue weighted by molar-refractivity contribution is 5.79. The van der Waals surface area contributed by atoms with E-state index in [1.54, 1.807) is 7.11 Å². The molecular formula is C15H18N2O. The van der Waals surface area contributed by atoms with Gasteiger partial charge in [-0.25, -0.2) is 0 Å². The fourth-order valence-electron chi connectivity index (χ4n) is 2.21. The number of hydrogen-bond donors (Lipinski definition) is 1. The first-order valence-corrected chi connectivity index (χ1v) is 6.36. The van der Waals surface area contributed by atoms with Crippen molar-refractivity contribution in [3.8, 4) is 11.8 Å². The molecule has 0 amide bonds. The van der Waals surface area contributed by atoms with E-state index >= 15 is 0 Å². The molecule has 0 spiro atoms. The Morgan fingerprint density at radius 2 is 2.00 bits per heavy atom. The maximum Gasteiger partial charge on any atom is 0.118 e. The summed E-state index contributed by atoms with van der Waals surface area (Å²) in [6.45, 7) is 0.969. The third-order valence-electron chi connectivity index (χ3n) is 3.23. The Balaban J connectivity index is 2.31. The summed E-state index contributed by atoms with van der Waals surface area (Å²) in [5, 5.41) is 12.8. The molecule has 3 heteroatoms. The molecule has 0 atom stereocenters. The molecule has 0 saturated carbocycles. The Morgan fingerprint density at radius 3 is 2.67 bits per heavy atom. The molecular weight excluding hydrogens is 224 g/mol. The van der Waals surface area contributed by atoms with Crippen LogP contribution in [0.1, 0.15) is 31.2 Å². The Morgan fingerprint density at radius 1 is 1.22 bits per heavy atom. The summed E-state index contributed by atoms with van der Waals surface area (Å²) in [7, 11) is 1.64. The van der Waals surface area contributed by atoms with Crippen LogP contribution in [0.5, 0.6) is 5.75 Å². The van der Waals surface area contributed by atoms with Crippen LogP contribution in [0.15, 0.2) is 30.0 Å². The molecule has 1 heterocycles. The van der Waals surface area contributed by atoms with Gasteiger partial charge in [0.05, 0.1) is 12.7 Å². The largest absolute Gasteiger partial charge is 0.497 e. The number of rotatable bonds is 2. The smallest absolute Gasteiger partial charge is 0.118 e. The lowest BCUT2D eigenvalue weighted by Crippen LogP contribution is -2.13. The maximum atomic E-state index is 9.37. The lowest BCUT2D eigenvalue weighted by atomic mass is 10.0. The van der Waals surface area contributed by atoms with E-state index in [-0.39, 0.29) is 0 Å².